The molecule has 0 spiro atoms. The maximum Gasteiger partial charge on any atom is 0.311 e. The Morgan fingerprint density at radius 1 is 1.23 bits per heavy atom. The van der Waals surface area contributed by atoms with Gasteiger partial charge in [-0.1, -0.05) is 34.1 Å². The van der Waals surface area contributed by atoms with Crippen molar-refractivity contribution in [3.05, 3.63) is 58.1 Å². The van der Waals surface area contributed by atoms with Gasteiger partial charge >= 0.3 is 5.97 Å². The van der Waals surface area contributed by atoms with Gasteiger partial charge < -0.3 is 14.9 Å². The average Bonchev–Trinajstić information content (AvgIpc) is 2.47. The van der Waals surface area contributed by atoms with Crippen LogP contribution in [0.2, 0.25) is 0 Å². The molecule has 0 bridgehead atoms. The molecule has 0 aliphatic rings. The molecule has 0 aliphatic carbocycles. The summed E-state index contributed by atoms with van der Waals surface area (Å²) in [5, 5.41) is 18.9. The highest BCUT2D eigenvalue weighted by Crippen LogP contribution is 2.30. The fourth-order valence-electron chi connectivity index (χ4n) is 1.96. The molecule has 0 saturated carbocycles. The first-order chi connectivity index (χ1) is 10.5. The van der Waals surface area contributed by atoms with E-state index in [9.17, 15) is 9.90 Å². The number of hydrogen-bond donors (Lipinski definition) is 2. The van der Waals surface area contributed by atoms with Crippen LogP contribution in [-0.2, 0) is 11.4 Å². The van der Waals surface area contributed by atoms with Crippen LogP contribution in [0.15, 0.2) is 46.9 Å². The highest BCUT2D eigenvalue weighted by atomic mass is 79.9. The lowest BCUT2D eigenvalue weighted by atomic mass is 10.0. The number of rotatable bonds is 6. The molecule has 0 heterocycles. The molecule has 1 unspecified atom stereocenters. The van der Waals surface area contributed by atoms with Crippen LogP contribution in [0.4, 0.5) is 0 Å². The summed E-state index contributed by atoms with van der Waals surface area (Å²) in [7, 11) is 0. The van der Waals surface area contributed by atoms with Crippen molar-refractivity contribution in [2.45, 2.75) is 12.5 Å². The van der Waals surface area contributed by atoms with Crippen LogP contribution in [0, 0.1) is 0 Å². The first kappa shape index (κ1) is 16.8. The summed E-state index contributed by atoms with van der Waals surface area (Å²) in [4.78, 5) is 11.2. The SMILES string of the molecule is O=C(O)C(CBr)c1ccc(OCc2cccc(O)c2)c(Br)c1. The number of ether oxygens (including phenoxy) is 1. The molecule has 0 fully saturated rings. The normalized spacial score (nSPS) is 11.9. The summed E-state index contributed by atoms with van der Waals surface area (Å²) in [5.41, 5.74) is 1.54. The van der Waals surface area contributed by atoms with E-state index in [2.05, 4.69) is 31.9 Å². The number of carbonyl (C=O) groups is 1. The zero-order chi connectivity index (χ0) is 16.1. The van der Waals surface area contributed by atoms with E-state index >= 15 is 0 Å². The van der Waals surface area contributed by atoms with Crippen LogP contribution in [0.25, 0.3) is 0 Å². The van der Waals surface area contributed by atoms with Gasteiger partial charge in [-0.3, -0.25) is 4.79 Å². The Hall–Kier alpha value is -1.53. The average molecular weight is 430 g/mol. The molecule has 2 N–H and O–H groups in total. The monoisotopic (exact) mass is 428 g/mol. The molecule has 1 atom stereocenters. The van der Waals surface area contributed by atoms with Gasteiger partial charge in [-0.25, -0.2) is 0 Å². The van der Waals surface area contributed by atoms with Crippen molar-refractivity contribution < 1.29 is 19.7 Å². The number of carboxylic acid groups (broad SMARTS) is 1. The lowest BCUT2D eigenvalue weighted by Gasteiger charge is -2.13. The van der Waals surface area contributed by atoms with Crippen molar-refractivity contribution in [2.24, 2.45) is 0 Å². The van der Waals surface area contributed by atoms with E-state index < -0.39 is 11.9 Å². The fourth-order valence-corrected chi connectivity index (χ4v) is 3.12. The Bertz CT molecular complexity index is 673. The highest BCUT2D eigenvalue weighted by molar-refractivity contribution is 9.10. The van der Waals surface area contributed by atoms with Gasteiger partial charge in [0, 0.05) is 5.33 Å². The molecule has 2 aromatic carbocycles. The molecular formula is C16H14Br2O4. The third-order valence-electron chi connectivity index (χ3n) is 3.12. The summed E-state index contributed by atoms with van der Waals surface area (Å²) in [6.45, 7) is 0.313. The van der Waals surface area contributed by atoms with Crippen molar-refractivity contribution in [3.63, 3.8) is 0 Å². The number of alkyl halides is 1. The smallest absolute Gasteiger partial charge is 0.311 e. The number of carboxylic acids is 1. The maximum absolute atomic E-state index is 11.2. The van der Waals surface area contributed by atoms with Crippen molar-refractivity contribution in [1.29, 1.82) is 0 Å². The minimum atomic E-state index is -0.878. The molecule has 22 heavy (non-hydrogen) atoms. The molecule has 0 saturated heterocycles. The van der Waals surface area contributed by atoms with Crippen LogP contribution in [-0.4, -0.2) is 21.5 Å². The second kappa shape index (κ2) is 7.65. The molecule has 0 aliphatic heterocycles. The molecule has 0 amide bonds. The van der Waals surface area contributed by atoms with Gasteiger partial charge in [0.05, 0.1) is 10.4 Å². The highest BCUT2D eigenvalue weighted by Gasteiger charge is 2.19. The Morgan fingerprint density at radius 2 is 2.00 bits per heavy atom. The van der Waals surface area contributed by atoms with Gasteiger partial charge in [0.15, 0.2) is 0 Å². The summed E-state index contributed by atoms with van der Waals surface area (Å²) in [6, 6.07) is 12.1. The quantitative estimate of drug-likeness (QED) is 0.672. The predicted molar refractivity (Wildman–Crippen MR) is 90.8 cm³/mol. The predicted octanol–water partition coefficient (Wildman–Crippen LogP) is 4.30. The van der Waals surface area contributed by atoms with Gasteiger partial charge in [-0.2, -0.15) is 0 Å². The van der Waals surface area contributed by atoms with Crippen LogP contribution >= 0.6 is 31.9 Å². The Kier molecular flexibility index (Phi) is 5.85. The summed E-state index contributed by atoms with van der Waals surface area (Å²) < 4.78 is 6.38. The maximum atomic E-state index is 11.2. The number of halogens is 2. The Labute approximate surface area is 145 Å². The topological polar surface area (TPSA) is 66.8 Å². The molecule has 0 radical (unpaired) electrons. The summed E-state index contributed by atoms with van der Waals surface area (Å²) in [6.07, 6.45) is 0. The first-order valence-electron chi connectivity index (χ1n) is 6.50. The molecule has 4 nitrogen and oxygen atoms in total. The molecule has 0 aromatic heterocycles. The zero-order valence-corrected chi connectivity index (χ0v) is 14.7. The first-order valence-corrected chi connectivity index (χ1v) is 8.41. The lowest BCUT2D eigenvalue weighted by Crippen LogP contribution is -2.12. The van der Waals surface area contributed by atoms with Crippen molar-refractivity contribution in [1.82, 2.24) is 0 Å². The second-order valence-electron chi connectivity index (χ2n) is 4.69. The molecule has 2 rings (SSSR count). The van der Waals surface area contributed by atoms with Gasteiger partial charge in [-0.05, 0) is 51.3 Å². The third-order valence-corrected chi connectivity index (χ3v) is 4.38. The van der Waals surface area contributed by atoms with Crippen LogP contribution in [0.3, 0.4) is 0 Å². The fraction of sp³-hybridized carbons (Fsp3) is 0.188. The number of aliphatic carboxylic acids is 1. The number of phenols is 1. The molecule has 2 aromatic rings. The van der Waals surface area contributed by atoms with E-state index in [1.54, 1.807) is 36.4 Å². The van der Waals surface area contributed by atoms with Crippen molar-refractivity contribution >= 4 is 37.8 Å². The van der Waals surface area contributed by atoms with Crippen LogP contribution < -0.4 is 4.74 Å². The van der Waals surface area contributed by atoms with Crippen LogP contribution in [0.1, 0.15) is 17.0 Å². The number of phenolic OH excluding ortho intramolecular Hbond substituents is 1. The van der Waals surface area contributed by atoms with E-state index in [0.29, 0.717) is 27.7 Å². The summed E-state index contributed by atoms with van der Waals surface area (Å²) in [5.74, 6) is -0.670. The van der Waals surface area contributed by atoms with Gasteiger partial charge in [-0.15, -0.1) is 0 Å². The lowest BCUT2D eigenvalue weighted by molar-refractivity contribution is -0.138. The van der Waals surface area contributed by atoms with E-state index in [1.165, 1.54) is 0 Å². The van der Waals surface area contributed by atoms with Gasteiger partial charge in [0.25, 0.3) is 0 Å². The standard InChI is InChI=1S/C16H14Br2O4/c17-8-13(16(20)21)11-4-5-15(14(18)7-11)22-9-10-2-1-3-12(19)6-10/h1-7,13,19H,8-9H2,(H,20,21). The zero-order valence-electron chi connectivity index (χ0n) is 11.5. The Balaban J connectivity index is 2.11. The van der Waals surface area contributed by atoms with Crippen molar-refractivity contribution in [2.75, 3.05) is 5.33 Å². The molecule has 116 valence electrons. The van der Waals surface area contributed by atoms with Crippen molar-refractivity contribution in [3.8, 4) is 11.5 Å². The molecular weight excluding hydrogens is 416 g/mol. The molecule has 6 heteroatoms. The number of aromatic hydroxyl groups is 1. The second-order valence-corrected chi connectivity index (χ2v) is 6.20. The van der Waals surface area contributed by atoms with E-state index in [0.717, 1.165) is 5.56 Å². The van der Waals surface area contributed by atoms with E-state index in [1.807, 2.05) is 6.07 Å². The minimum Gasteiger partial charge on any atom is -0.508 e. The van der Waals surface area contributed by atoms with Gasteiger partial charge in [0.1, 0.15) is 18.1 Å². The number of benzene rings is 2. The van der Waals surface area contributed by atoms with Crippen LogP contribution in [0.5, 0.6) is 11.5 Å². The number of hydrogen-bond acceptors (Lipinski definition) is 3. The Morgan fingerprint density at radius 3 is 2.59 bits per heavy atom. The van der Waals surface area contributed by atoms with E-state index in [4.69, 9.17) is 9.84 Å². The third kappa shape index (κ3) is 4.24. The largest absolute Gasteiger partial charge is 0.508 e. The summed E-state index contributed by atoms with van der Waals surface area (Å²) >= 11 is 6.61. The minimum absolute atomic E-state index is 0.192. The van der Waals surface area contributed by atoms with E-state index in [-0.39, 0.29) is 5.75 Å². The van der Waals surface area contributed by atoms with Gasteiger partial charge in [0.2, 0.25) is 0 Å².